The lowest BCUT2D eigenvalue weighted by atomic mass is 10.2. The maximum atomic E-state index is 12.8. The Balaban J connectivity index is 3.30. The zero-order valence-corrected chi connectivity index (χ0v) is 7.14. The number of rotatable bonds is 2. The molecular weight excluding hydrogens is 183 g/mol. The number of aromatic nitrogens is 1. The molecule has 0 spiro atoms. The topological polar surface area (TPSA) is 22.1 Å². The third-order valence-electron chi connectivity index (χ3n) is 1.67. The Morgan fingerprint density at radius 1 is 1.46 bits per heavy atom. The van der Waals surface area contributed by atoms with E-state index in [2.05, 4.69) is 9.72 Å². The van der Waals surface area contributed by atoms with Crippen molar-refractivity contribution in [3.63, 3.8) is 0 Å². The molecule has 0 N–H and O–H groups in total. The van der Waals surface area contributed by atoms with Crippen molar-refractivity contribution in [1.29, 1.82) is 0 Å². The highest BCUT2D eigenvalue weighted by molar-refractivity contribution is 5.39. The van der Waals surface area contributed by atoms with E-state index in [0.717, 1.165) is 6.20 Å². The summed E-state index contributed by atoms with van der Waals surface area (Å²) in [5.41, 5.74) is -0.387. The Morgan fingerprint density at radius 3 is 2.54 bits per heavy atom. The molecule has 1 heterocycles. The summed E-state index contributed by atoms with van der Waals surface area (Å²) in [5, 5.41) is 0. The highest BCUT2D eigenvalue weighted by Gasteiger charge is 2.18. The fourth-order valence-corrected chi connectivity index (χ4v) is 1.02. The summed E-state index contributed by atoms with van der Waals surface area (Å²) < 4.78 is 42.0. The average molecular weight is 191 g/mol. The molecule has 0 aliphatic carbocycles. The van der Waals surface area contributed by atoms with Crippen molar-refractivity contribution in [3.05, 3.63) is 23.3 Å². The van der Waals surface area contributed by atoms with Crippen LogP contribution in [0.2, 0.25) is 0 Å². The Kier molecular flexibility index (Phi) is 2.75. The van der Waals surface area contributed by atoms with Gasteiger partial charge >= 0.3 is 0 Å². The van der Waals surface area contributed by atoms with Gasteiger partial charge in [0.2, 0.25) is 5.95 Å². The second-order valence-corrected chi connectivity index (χ2v) is 2.46. The Bertz CT molecular complexity index is 315. The molecule has 0 unspecified atom stereocenters. The number of halogens is 3. The van der Waals surface area contributed by atoms with Gasteiger partial charge in [0, 0.05) is 11.8 Å². The summed E-state index contributed by atoms with van der Waals surface area (Å²) in [6, 6.07) is 0. The van der Waals surface area contributed by atoms with E-state index in [9.17, 15) is 13.2 Å². The third-order valence-corrected chi connectivity index (χ3v) is 1.67. The average Bonchev–Trinajstić information content (AvgIpc) is 2.09. The van der Waals surface area contributed by atoms with E-state index in [4.69, 9.17) is 0 Å². The third kappa shape index (κ3) is 1.74. The first-order chi connectivity index (χ1) is 6.07. The smallest absolute Gasteiger partial charge is 0.268 e. The molecule has 0 fully saturated rings. The van der Waals surface area contributed by atoms with Gasteiger partial charge in [0.1, 0.15) is 5.75 Å². The van der Waals surface area contributed by atoms with Crippen LogP contribution in [0.5, 0.6) is 5.75 Å². The lowest BCUT2D eigenvalue weighted by Gasteiger charge is -2.09. The summed E-state index contributed by atoms with van der Waals surface area (Å²) in [5.74, 6) is -0.927. The highest BCUT2D eigenvalue weighted by atomic mass is 19.3. The lowest BCUT2D eigenvalue weighted by molar-refractivity contribution is 0.146. The Hall–Kier alpha value is -1.26. The molecule has 0 atom stereocenters. The van der Waals surface area contributed by atoms with Crippen LogP contribution in [0.25, 0.3) is 0 Å². The van der Waals surface area contributed by atoms with Gasteiger partial charge in [-0.05, 0) is 6.92 Å². The molecule has 0 saturated carbocycles. The van der Waals surface area contributed by atoms with E-state index in [1.165, 1.54) is 14.0 Å². The maximum Gasteiger partial charge on any atom is 0.268 e. The van der Waals surface area contributed by atoms with Gasteiger partial charge in [0.15, 0.2) is 0 Å². The van der Waals surface area contributed by atoms with Gasteiger partial charge in [-0.2, -0.15) is 4.39 Å². The first kappa shape index (κ1) is 9.83. The lowest BCUT2D eigenvalue weighted by Crippen LogP contribution is -2.00. The standard InChI is InChI=1S/C8H8F3NO/c1-4-6(13-2)5(7(9)10)3-12-8(4)11/h3,7H,1-2H3. The molecule has 0 bridgehead atoms. The summed E-state index contributed by atoms with van der Waals surface area (Å²) in [4.78, 5) is 3.18. The molecule has 72 valence electrons. The van der Waals surface area contributed by atoms with Gasteiger partial charge in [0.05, 0.1) is 12.7 Å². The monoisotopic (exact) mass is 191 g/mol. The summed E-state index contributed by atoms with van der Waals surface area (Å²) in [6.45, 7) is 1.34. The van der Waals surface area contributed by atoms with Crippen LogP contribution < -0.4 is 4.74 Å². The van der Waals surface area contributed by atoms with Gasteiger partial charge in [-0.1, -0.05) is 0 Å². The fraction of sp³-hybridized carbons (Fsp3) is 0.375. The van der Waals surface area contributed by atoms with Gasteiger partial charge in [-0.25, -0.2) is 13.8 Å². The van der Waals surface area contributed by atoms with E-state index < -0.39 is 12.4 Å². The van der Waals surface area contributed by atoms with Crippen molar-refractivity contribution in [2.24, 2.45) is 0 Å². The van der Waals surface area contributed by atoms with E-state index in [1.807, 2.05) is 0 Å². The Morgan fingerprint density at radius 2 is 2.08 bits per heavy atom. The van der Waals surface area contributed by atoms with E-state index in [0.29, 0.717) is 0 Å². The molecule has 0 aromatic carbocycles. The van der Waals surface area contributed by atoms with Gasteiger partial charge in [-0.15, -0.1) is 0 Å². The molecule has 13 heavy (non-hydrogen) atoms. The summed E-state index contributed by atoms with van der Waals surface area (Å²) in [6.07, 6.45) is -1.92. The van der Waals surface area contributed by atoms with Crippen molar-refractivity contribution in [2.45, 2.75) is 13.3 Å². The molecule has 2 nitrogen and oxygen atoms in total. The van der Waals surface area contributed by atoms with Crippen LogP contribution >= 0.6 is 0 Å². The molecular formula is C8H8F3NO. The minimum atomic E-state index is -2.71. The SMILES string of the molecule is COc1c(C(F)F)cnc(F)c1C. The van der Waals surface area contributed by atoms with Crippen LogP contribution in [0.15, 0.2) is 6.20 Å². The molecule has 0 radical (unpaired) electrons. The molecule has 0 aliphatic heterocycles. The number of hydrogen-bond acceptors (Lipinski definition) is 2. The first-order valence-corrected chi connectivity index (χ1v) is 3.55. The van der Waals surface area contributed by atoms with Crippen LogP contribution in [0.3, 0.4) is 0 Å². The van der Waals surface area contributed by atoms with Gasteiger partial charge < -0.3 is 4.74 Å². The van der Waals surface area contributed by atoms with Gasteiger partial charge in [-0.3, -0.25) is 0 Å². The van der Waals surface area contributed by atoms with Gasteiger partial charge in [0.25, 0.3) is 6.43 Å². The molecule has 0 saturated heterocycles. The number of alkyl halides is 2. The minimum Gasteiger partial charge on any atom is -0.496 e. The van der Waals surface area contributed by atoms with Crippen LogP contribution in [0.4, 0.5) is 13.2 Å². The van der Waals surface area contributed by atoms with Crippen LogP contribution in [-0.2, 0) is 0 Å². The zero-order chi connectivity index (χ0) is 10.0. The van der Waals surface area contributed by atoms with Crippen molar-refractivity contribution in [2.75, 3.05) is 7.11 Å². The van der Waals surface area contributed by atoms with E-state index in [-0.39, 0.29) is 16.9 Å². The molecule has 1 rings (SSSR count). The minimum absolute atomic E-state index is 0.000278. The fourth-order valence-electron chi connectivity index (χ4n) is 1.02. The zero-order valence-electron chi connectivity index (χ0n) is 7.14. The first-order valence-electron chi connectivity index (χ1n) is 3.55. The van der Waals surface area contributed by atoms with Crippen LogP contribution in [-0.4, -0.2) is 12.1 Å². The molecule has 5 heteroatoms. The summed E-state index contributed by atoms with van der Waals surface area (Å²) in [7, 11) is 1.22. The molecule has 1 aromatic rings. The normalized spacial score (nSPS) is 10.6. The van der Waals surface area contributed by atoms with E-state index in [1.54, 1.807) is 0 Å². The largest absolute Gasteiger partial charge is 0.496 e. The summed E-state index contributed by atoms with van der Waals surface area (Å²) >= 11 is 0. The maximum absolute atomic E-state index is 12.8. The van der Waals surface area contributed by atoms with Crippen molar-refractivity contribution < 1.29 is 17.9 Å². The van der Waals surface area contributed by atoms with Crippen LogP contribution in [0.1, 0.15) is 17.6 Å². The second kappa shape index (κ2) is 3.64. The predicted molar refractivity (Wildman–Crippen MR) is 40.4 cm³/mol. The van der Waals surface area contributed by atoms with Crippen molar-refractivity contribution in [1.82, 2.24) is 4.98 Å². The number of pyridine rings is 1. The number of ether oxygens (including phenoxy) is 1. The predicted octanol–water partition coefficient (Wildman–Crippen LogP) is 2.48. The molecule has 1 aromatic heterocycles. The van der Waals surface area contributed by atoms with Crippen LogP contribution in [0, 0.1) is 12.9 Å². The quantitative estimate of drug-likeness (QED) is 0.670. The van der Waals surface area contributed by atoms with Crippen molar-refractivity contribution >= 4 is 0 Å². The molecule has 0 aliphatic rings. The highest BCUT2D eigenvalue weighted by Crippen LogP contribution is 2.31. The second-order valence-electron chi connectivity index (χ2n) is 2.46. The number of hydrogen-bond donors (Lipinski definition) is 0. The number of nitrogens with zero attached hydrogens (tertiary/aromatic N) is 1. The molecule has 0 amide bonds. The van der Waals surface area contributed by atoms with Crippen molar-refractivity contribution in [3.8, 4) is 5.75 Å². The Labute approximate surface area is 73.4 Å². The number of methoxy groups -OCH3 is 1. The van der Waals surface area contributed by atoms with E-state index >= 15 is 0 Å².